The van der Waals surface area contributed by atoms with Gasteiger partial charge in [-0.05, 0) is 17.2 Å². The molecule has 6 nitrogen and oxygen atoms in total. The quantitative estimate of drug-likeness (QED) is 0.676. The second-order valence-electron chi connectivity index (χ2n) is 4.74. The summed E-state index contributed by atoms with van der Waals surface area (Å²) in [5, 5.41) is 20.5. The third-order valence-corrected chi connectivity index (χ3v) is 3.51. The highest BCUT2D eigenvalue weighted by molar-refractivity contribution is 5.82. The SMILES string of the molecule is O=C(O)[C@H]1c2ccccc2COc2ccc([N+](=O)[O-])cc21. The van der Waals surface area contributed by atoms with Gasteiger partial charge in [-0.25, -0.2) is 0 Å². The maximum absolute atomic E-state index is 11.7. The number of ether oxygens (including phenoxy) is 1. The first-order valence-corrected chi connectivity index (χ1v) is 6.29. The van der Waals surface area contributed by atoms with Gasteiger partial charge in [0.2, 0.25) is 0 Å². The van der Waals surface area contributed by atoms with Crippen molar-refractivity contribution in [1.29, 1.82) is 0 Å². The van der Waals surface area contributed by atoms with Gasteiger partial charge in [0, 0.05) is 17.7 Å². The number of nitro benzene ring substituents is 1. The number of hydrogen-bond donors (Lipinski definition) is 1. The summed E-state index contributed by atoms with van der Waals surface area (Å²) in [6.45, 7) is 0.241. The van der Waals surface area contributed by atoms with Crippen molar-refractivity contribution < 1.29 is 19.6 Å². The molecule has 0 fully saturated rings. The Hall–Kier alpha value is -2.89. The normalized spacial score (nSPS) is 16.1. The zero-order valence-corrected chi connectivity index (χ0v) is 10.9. The van der Waals surface area contributed by atoms with Gasteiger partial charge in [0.25, 0.3) is 5.69 Å². The van der Waals surface area contributed by atoms with Crippen LogP contribution in [0, 0.1) is 10.1 Å². The highest BCUT2D eigenvalue weighted by atomic mass is 16.6. The highest BCUT2D eigenvalue weighted by Crippen LogP contribution is 2.39. The van der Waals surface area contributed by atoms with Crippen LogP contribution in [0.4, 0.5) is 5.69 Å². The van der Waals surface area contributed by atoms with E-state index in [1.165, 1.54) is 18.2 Å². The topological polar surface area (TPSA) is 89.7 Å². The number of rotatable bonds is 2. The van der Waals surface area contributed by atoms with Crippen LogP contribution in [-0.4, -0.2) is 16.0 Å². The van der Waals surface area contributed by atoms with Gasteiger partial charge < -0.3 is 9.84 Å². The summed E-state index contributed by atoms with van der Waals surface area (Å²) in [7, 11) is 0. The fourth-order valence-corrected chi connectivity index (χ4v) is 2.54. The second-order valence-corrected chi connectivity index (χ2v) is 4.74. The van der Waals surface area contributed by atoms with Crippen LogP contribution in [0.5, 0.6) is 5.75 Å². The zero-order valence-electron chi connectivity index (χ0n) is 10.9. The number of carboxylic acid groups (broad SMARTS) is 1. The first-order chi connectivity index (χ1) is 10.1. The Bertz CT molecular complexity index is 741. The summed E-state index contributed by atoms with van der Waals surface area (Å²) in [4.78, 5) is 22.1. The molecule has 0 bridgehead atoms. The van der Waals surface area contributed by atoms with Gasteiger partial charge in [0.1, 0.15) is 18.3 Å². The molecule has 0 saturated heterocycles. The Morgan fingerprint density at radius 3 is 2.71 bits per heavy atom. The maximum Gasteiger partial charge on any atom is 0.315 e. The molecule has 21 heavy (non-hydrogen) atoms. The maximum atomic E-state index is 11.7. The Balaban J connectivity index is 2.24. The van der Waals surface area contributed by atoms with E-state index in [9.17, 15) is 20.0 Å². The molecule has 1 heterocycles. The Morgan fingerprint density at radius 1 is 1.24 bits per heavy atom. The molecule has 0 radical (unpaired) electrons. The van der Waals surface area contributed by atoms with Gasteiger partial charge in [0.05, 0.1) is 4.92 Å². The van der Waals surface area contributed by atoms with Crippen LogP contribution in [0.15, 0.2) is 42.5 Å². The predicted molar refractivity (Wildman–Crippen MR) is 73.3 cm³/mol. The Morgan fingerprint density at radius 2 is 2.00 bits per heavy atom. The summed E-state index contributed by atoms with van der Waals surface area (Å²) >= 11 is 0. The van der Waals surface area contributed by atoms with Crippen LogP contribution in [0.3, 0.4) is 0 Å². The molecule has 1 atom stereocenters. The third-order valence-electron chi connectivity index (χ3n) is 3.51. The molecule has 106 valence electrons. The predicted octanol–water partition coefficient (Wildman–Crippen LogP) is 2.70. The lowest BCUT2D eigenvalue weighted by Gasteiger charge is -2.14. The molecular weight excluding hydrogens is 274 g/mol. The second kappa shape index (κ2) is 4.90. The molecule has 0 spiro atoms. The number of non-ortho nitro benzene ring substituents is 1. The van der Waals surface area contributed by atoms with Gasteiger partial charge in [-0.1, -0.05) is 24.3 Å². The van der Waals surface area contributed by atoms with E-state index in [0.717, 1.165) is 5.56 Å². The molecular formula is C15H11NO5. The van der Waals surface area contributed by atoms with E-state index in [4.69, 9.17) is 4.74 Å². The Labute approximate surface area is 119 Å². The van der Waals surface area contributed by atoms with Crippen LogP contribution in [0.2, 0.25) is 0 Å². The molecule has 6 heteroatoms. The van der Waals surface area contributed by atoms with Gasteiger partial charge >= 0.3 is 5.97 Å². The number of carbonyl (C=O) groups is 1. The minimum absolute atomic E-state index is 0.150. The van der Waals surface area contributed by atoms with E-state index >= 15 is 0 Å². The average Bonchev–Trinajstić information content (AvgIpc) is 2.62. The van der Waals surface area contributed by atoms with Crippen LogP contribution >= 0.6 is 0 Å². The largest absolute Gasteiger partial charge is 0.489 e. The van der Waals surface area contributed by atoms with Crippen molar-refractivity contribution in [3.63, 3.8) is 0 Å². The van der Waals surface area contributed by atoms with Gasteiger partial charge in [-0.2, -0.15) is 0 Å². The summed E-state index contributed by atoms with van der Waals surface area (Å²) in [5.41, 5.74) is 1.53. The average molecular weight is 285 g/mol. The first-order valence-electron chi connectivity index (χ1n) is 6.29. The van der Waals surface area contributed by atoms with Crippen molar-refractivity contribution in [3.8, 4) is 5.75 Å². The smallest absolute Gasteiger partial charge is 0.315 e. The monoisotopic (exact) mass is 285 g/mol. The van der Waals surface area contributed by atoms with E-state index in [1.54, 1.807) is 24.3 Å². The molecule has 1 aliphatic heterocycles. The van der Waals surface area contributed by atoms with Gasteiger partial charge in [-0.3, -0.25) is 14.9 Å². The molecule has 3 rings (SSSR count). The standard InChI is InChI=1S/C15H11NO5/c17-15(18)14-11-4-2-1-3-9(11)8-21-13-6-5-10(16(19)20)7-12(13)14/h1-7,14H,8H2,(H,17,18)/t14-/m0/s1. The molecule has 0 saturated carbocycles. The van der Waals surface area contributed by atoms with Crippen molar-refractivity contribution in [2.24, 2.45) is 0 Å². The molecule has 0 aliphatic carbocycles. The van der Waals surface area contributed by atoms with E-state index in [0.29, 0.717) is 16.9 Å². The third kappa shape index (κ3) is 2.20. The summed E-state index contributed by atoms with van der Waals surface area (Å²) in [5.74, 6) is -1.67. The summed E-state index contributed by atoms with van der Waals surface area (Å²) < 4.78 is 5.60. The number of benzene rings is 2. The van der Waals surface area contributed by atoms with Crippen molar-refractivity contribution >= 4 is 11.7 Å². The zero-order chi connectivity index (χ0) is 15.0. The first kappa shape index (κ1) is 13.1. The summed E-state index contributed by atoms with van der Waals surface area (Å²) in [6, 6.07) is 11.1. The minimum Gasteiger partial charge on any atom is -0.489 e. The molecule has 0 amide bonds. The lowest BCUT2D eigenvalue weighted by atomic mass is 9.88. The highest BCUT2D eigenvalue weighted by Gasteiger charge is 2.31. The van der Waals surface area contributed by atoms with E-state index in [-0.39, 0.29) is 12.3 Å². The molecule has 2 aromatic carbocycles. The van der Waals surface area contributed by atoms with Gasteiger partial charge in [0.15, 0.2) is 0 Å². The number of carboxylic acids is 1. The molecule has 2 aromatic rings. The molecule has 0 aromatic heterocycles. The number of fused-ring (bicyclic) bond motifs is 2. The number of nitro groups is 1. The lowest BCUT2D eigenvalue weighted by molar-refractivity contribution is -0.384. The van der Waals surface area contributed by atoms with Crippen LogP contribution in [0.25, 0.3) is 0 Å². The summed E-state index contributed by atoms with van der Waals surface area (Å²) in [6.07, 6.45) is 0. The van der Waals surface area contributed by atoms with Crippen LogP contribution < -0.4 is 4.74 Å². The van der Waals surface area contributed by atoms with E-state index < -0.39 is 16.8 Å². The van der Waals surface area contributed by atoms with E-state index in [2.05, 4.69) is 0 Å². The lowest BCUT2D eigenvalue weighted by Crippen LogP contribution is -2.14. The fourth-order valence-electron chi connectivity index (χ4n) is 2.54. The van der Waals surface area contributed by atoms with Gasteiger partial charge in [-0.15, -0.1) is 0 Å². The van der Waals surface area contributed by atoms with Crippen molar-refractivity contribution in [2.45, 2.75) is 12.5 Å². The fraction of sp³-hybridized carbons (Fsp3) is 0.133. The number of aliphatic carboxylic acids is 1. The van der Waals surface area contributed by atoms with Crippen molar-refractivity contribution in [1.82, 2.24) is 0 Å². The molecule has 1 aliphatic rings. The molecule has 1 N–H and O–H groups in total. The Kier molecular flexibility index (Phi) is 3.06. The van der Waals surface area contributed by atoms with E-state index in [1.807, 2.05) is 0 Å². The van der Waals surface area contributed by atoms with Crippen molar-refractivity contribution in [2.75, 3.05) is 0 Å². The van der Waals surface area contributed by atoms with Crippen molar-refractivity contribution in [3.05, 3.63) is 69.3 Å². The minimum atomic E-state index is -1.06. The van der Waals surface area contributed by atoms with Crippen LogP contribution in [-0.2, 0) is 11.4 Å². The molecule has 0 unspecified atom stereocenters. The number of hydrogen-bond acceptors (Lipinski definition) is 4. The van der Waals surface area contributed by atoms with Crippen LogP contribution in [0.1, 0.15) is 22.6 Å². The number of nitrogens with zero attached hydrogens (tertiary/aromatic N) is 1.